The smallest absolute Gasteiger partial charge is 0.349 e. The normalized spacial score (nSPS) is 13.9. The van der Waals surface area contributed by atoms with Gasteiger partial charge in [-0.05, 0) is 72.4 Å². The van der Waals surface area contributed by atoms with Gasteiger partial charge in [0.2, 0.25) is 0 Å². The first-order valence-corrected chi connectivity index (χ1v) is 14.5. The fourth-order valence-electron chi connectivity index (χ4n) is 4.52. The number of carbonyl (C=O) groups excluding carboxylic acids is 2. The Morgan fingerprint density at radius 1 is 1.14 bits per heavy atom. The van der Waals surface area contributed by atoms with E-state index in [-0.39, 0.29) is 45.8 Å². The minimum absolute atomic E-state index is 0.0290. The fourth-order valence-corrected chi connectivity index (χ4v) is 5.85. The lowest BCUT2D eigenvalue weighted by molar-refractivity contribution is -0.145. The Morgan fingerprint density at radius 3 is 2.56 bits per heavy atom. The number of carbonyl (C=O) groups is 2. The van der Waals surface area contributed by atoms with Gasteiger partial charge in [0.05, 0.1) is 39.3 Å². The maximum atomic E-state index is 13.8. The molecule has 3 heterocycles. The third-order valence-electron chi connectivity index (χ3n) is 6.59. The van der Waals surface area contributed by atoms with Gasteiger partial charge in [-0.2, -0.15) is 40.1 Å². The first-order chi connectivity index (χ1) is 20.5. The van der Waals surface area contributed by atoms with E-state index >= 15 is 0 Å². The van der Waals surface area contributed by atoms with E-state index < -0.39 is 23.8 Å². The average Bonchev–Trinajstić information content (AvgIpc) is 3.62. The molecule has 1 aliphatic heterocycles. The predicted octanol–water partition coefficient (Wildman–Crippen LogP) is 4.64. The van der Waals surface area contributed by atoms with Crippen molar-refractivity contribution >= 4 is 40.9 Å². The summed E-state index contributed by atoms with van der Waals surface area (Å²) in [7, 11) is 0. The van der Waals surface area contributed by atoms with Crippen molar-refractivity contribution in [2.45, 2.75) is 38.5 Å². The van der Waals surface area contributed by atoms with Gasteiger partial charge in [0.1, 0.15) is 12.2 Å². The molecule has 0 radical (unpaired) electrons. The maximum Gasteiger partial charge on any atom is 0.455 e. The van der Waals surface area contributed by atoms with E-state index in [1.807, 2.05) is 17.8 Å². The zero-order valence-corrected chi connectivity index (χ0v) is 24.1. The van der Waals surface area contributed by atoms with Gasteiger partial charge in [0, 0.05) is 6.04 Å². The summed E-state index contributed by atoms with van der Waals surface area (Å²) >= 11 is 8.21. The molecule has 4 aromatic rings. The summed E-state index contributed by atoms with van der Waals surface area (Å²) < 4.78 is 40.2. The third kappa shape index (κ3) is 6.81. The Kier molecular flexibility index (Phi) is 8.69. The average molecular weight is 630 g/mol. The van der Waals surface area contributed by atoms with E-state index in [0.29, 0.717) is 16.0 Å². The van der Waals surface area contributed by atoms with Crippen LogP contribution in [-0.4, -0.2) is 59.3 Å². The van der Waals surface area contributed by atoms with Crippen molar-refractivity contribution in [3.8, 4) is 11.8 Å². The second-order valence-electron chi connectivity index (χ2n) is 9.67. The van der Waals surface area contributed by atoms with Crippen molar-refractivity contribution in [3.05, 3.63) is 81.4 Å². The Morgan fingerprint density at radius 2 is 1.88 bits per heavy atom. The molecule has 43 heavy (non-hydrogen) atoms. The quantitative estimate of drug-likeness (QED) is 0.301. The fraction of sp³-hybridized carbons (Fsp3) is 0.296. The molecule has 0 unspecified atom stereocenters. The van der Waals surface area contributed by atoms with Crippen LogP contribution >= 0.6 is 23.4 Å². The van der Waals surface area contributed by atoms with Crippen LogP contribution in [0.2, 0.25) is 5.02 Å². The highest BCUT2D eigenvalue weighted by Gasteiger charge is 2.37. The minimum Gasteiger partial charge on any atom is -0.349 e. The molecule has 2 N–H and O–H groups in total. The second-order valence-corrected chi connectivity index (χ2v) is 11.3. The van der Waals surface area contributed by atoms with Crippen LogP contribution in [0, 0.1) is 18.3 Å². The number of thioether (sulfide) groups is 1. The van der Waals surface area contributed by atoms with Gasteiger partial charge in [-0.3, -0.25) is 9.59 Å². The predicted molar refractivity (Wildman–Crippen MR) is 152 cm³/mol. The van der Waals surface area contributed by atoms with E-state index in [2.05, 4.69) is 31.1 Å². The maximum absolute atomic E-state index is 13.8. The zero-order valence-electron chi connectivity index (χ0n) is 22.5. The van der Waals surface area contributed by atoms with Crippen LogP contribution in [0.15, 0.2) is 42.5 Å². The number of rotatable bonds is 7. The Bertz CT molecular complexity index is 1730. The summed E-state index contributed by atoms with van der Waals surface area (Å²) in [6, 6.07) is 12.9. The van der Waals surface area contributed by atoms with E-state index in [4.69, 9.17) is 11.6 Å². The largest absolute Gasteiger partial charge is 0.455 e. The number of aromatic nitrogens is 6. The standard InChI is InChI=1S/C27H23ClF3N9O2S/c1-15-10-16(13-32)11-19(24(41)33-17-6-8-43-9-7-17)23(15)34-25(42)22-12-18(14-39-37-26(35-38-39)27(29,30)31)36-40(22)21-5-3-2-4-20(21)28/h2-5,10-12,17H,6-9,14H2,1H3,(H,33,41)(H,34,42). The molecule has 2 aromatic carbocycles. The topological polar surface area (TPSA) is 143 Å². The molecule has 2 aromatic heterocycles. The third-order valence-corrected chi connectivity index (χ3v) is 7.96. The van der Waals surface area contributed by atoms with Crippen LogP contribution in [0.3, 0.4) is 0 Å². The molecule has 0 atom stereocenters. The number of benzene rings is 2. The molecule has 1 fully saturated rings. The summed E-state index contributed by atoms with van der Waals surface area (Å²) in [6.45, 7) is 1.33. The van der Waals surface area contributed by atoms with Gasteiger partial charge in [-0.15, -0.1) is 10.2 Å². The molecular formula is C27H23ClF3N9O2S. The van der Waals surface area contributed by atoms with Crippen LogP contribution < -0.4 is 10.6 Å². The molecule has 1 saturated heterocycles. The highest BCUT2D eigenvalue weighted by molar-refractivity contribution is 7.99. The number of nitriles is 1. The summed E-state index contributed by atoms with van der Waals surface area (Å²) in [5.74, 6) is -0.684. The molecule has 2 amide bonds. The summed E-state index contributed by atoms with van der Waals surface area (Å²) in [5, 5.41) is 29.8. The SMILES string of the molecule is Cc1cc(C#N)cc(C(=O)NC2CCSCC2)c1NC(=O)c1cc(Cn2nnc(C(F)(F)F)n2)nn1-c1ccccc1Cl. The van der Waals surface area contributed by atoms with E-state index in [1.54, 1.807) is 37.3 Å². The molecule has 222 valence electrons. The molecule has 0 bridgehead atoms. The van der Waals surface area contributed by atoms with Gasteiger partial charge in [-0.1, -0.05) is 23.7 Å². The molecule has 5 rings (SSSR count). The molecule has 0 aliphatic carbocycles. The number of nitrogens with one attached hydrogen (secondary N) is 2. The van der Waals surface area contributed by atoms with E-state index in [1.165, 1.54) is 16.8 Å². The van der Waals surface area contributed by atoms with Gasteiger partial charge in [-0.25, -0.2) is 4.68 Å². The lowest BCUT2D eigenvalue weighted by Gasteiger charge is -2.23. The van der Waals surface area contributed by atoms with Gasteiger partial charge in [0.25, 0.3) is 17.6 Å². The number of nitrogens with zero attached hydrogens (tertiary/aromatic N) is 7. The van der Waals surface area contributed by atoms with Crippen molar-refractivity contribution in [1.29, 1.82) is 5.26 Å². The van der Waals surface area contributed by atoms with Gasteiger partial charge >= 0.3 is 6.18 Å². The van der Waals surface area contributed by atoms with E-state index in [0.717, 1.165) is 24.3 Å². The zero-order chi connectivity index (χ0) is 30.7. The number of anilines is 1. The van der Waals surface area contributed by atoms with Crippen molar-refractivity contribution in [2.75, 3.05) is 16.8 Å². The summed E-state index contributed by atoms with van der Waals surface area (Å²) in [4.78, 5) is 27.9. The van der Waals surface area contributed by atoms with Crippen LogP contribution in [0.25, 0.3) is 5.69 Å². The molecular weight excluding hydrogens is 607 g/mol. The number of hydrogen-bond donors (Lipinski definition) is 2. The highest BCUT2D eigenvalue weighted by Crippen LogP contribution is 2.28. The first kappa shape index (κ1) is 30.1. The minimum atomic E-state index is -4.78. The van der Waals surface area contributed by atoms with Crippen molar-refractivity contribution in [2.24, 2.45) is 0 Å². The van der Waals surface area contributed by atoms with Crippen LogP contribution in [0.1, 0.15) is 56.3 Å². The van der Waals surface area contributed by atoms with Crippen LogP contribution in [-0.2, 0) is 12.7 Å². The molecule has 11 nitrogen and oxygen atoms in total. The second kappa shape index (κ2) is 12.4. The number of alkyl halides is 3. The van der Waals surface area contributed by atoms with Crippen LogP contribution in [0.5, 0.6) is 0 Å². The number of amides is 2. The molecule has 0 saturated carbocycles. The van der Waals surface area contributed by atoms with Crippen molar-refractivity contribution in [1.82, 2.24) is 35.3 Å². The van der Waals surface area contributed by atoms with Crippen molar-refractivity contribution < 1.29 is 22.8 Å². The van der Waals surface area contributed by atoms with Crippen molar-refractivity contribution in [3.63, 3.8) is 0 Å². The first-order valence-electron chi connectivity index (χ1n) is 13.0. The van der Waals surface area contributed by atoms with Gasteiger partial charge < -0.3 is 10.6 Å². The van der Waals surface area contributed by atoms with E-state index in [9.17, 15) is 28.0 Å². The lowest BCUT2D eigenvalue weighted by Crippen LogP contribution is -2.38. The highest BCUT2D eigenvalue weighted by atomic mass is 35.5. The monoisotopic (exact) mass is 629 g/mol. The molecule has 0 spiro atoms. The summed E-state index contributed by atoms with van der Waals surface area (Å²) in [6.07, 6.45) is -3.17. The lowest BCUT2D eigenvalue weighted by atomic mass is 10.0. The molecule has 16 heteroatoms. The number of hydrogen-bond acceptors (Lipinski definition) is 8. The number of aryl methyl sites for hydroxylation is 1. The summed E-state index contributed by atoms with van der Waals surface area (Å²) in [5.41, 5.74) is 1.49. The Labute approximate surface area is 252 Å². The number of tetrazole rings is 1. The number of para-hydroxylation sites is 1. The van der Waals surface area contributed by atoms with Gasteiger partial charge in [0.15, 0.2) is 0 Å². The Balaban J connectivity index is 1.50. The molecule has 1 aliphatic rings. The number of halogens is 4. The van der Waals surface area contributed by atoms with Crippen LogP contribution in [0.4, 0.5) is 18.9 Å². The Hall–Kier alpha value is -4.42.